The Hall–Kier alpha value is -1.15. The Balaban J connectivity index is 2.48. The van der Waals surface area contributed by atoms with Crippen molar-refractivity contribution in [1.82, 2.24) is 5.32 Å². The molecule has 0 bridgehead atoms. The average Bonchev–Trinajstić information content (AvgIpc) is 2.19. The molecule has 0 heterocycles. The smallest absolute Gasteiger partial charge is 0.123 e. The quantitative estimate of drug-likeness (QED) is 0.709. The number of allylic oxidation sites excluding steroid dienone is 1. The van der Waals surface area contributed by atoms with E-state index in [1.807, 2.05) is 7.05 Å². The SMILES string of the molecule is C=C(CCCNC)c1ccc(F)cc1. The highest BCUT2D eigenvalue weighted by atomic mass is 19.1. The monoisotopic (exact) mass is 193 g/mol. The third-order valence-corrected chi connectivity index (χ3v) is 2.16. The van der Waals surface area contributed by atoms with E-state index >= 15 is 0 Å². The normalized spacial score (nSPS) is 10.1. The van der Waals surface area contributed by atoms with E-state index in [9.17, 15) is 4.39 Å². The first kappa shape index (κ1) is 10.9. The molecule has 76 valence electrons. The second-order valence-electron chi connectivity index (χ2n) is 3.32. The summed E-state index contributed by atoms with van der Waals surface area (Å²) in [5.74, 6) is -0.197. The Bertz CT molecular complexity index is 290. The van der Waals surface area contributed by atoms with Crippen molar-refractivity contribution in [1.29, 1.82) is 0 Å². The highest BCUT2D eigenvalue weighted by Gasteiger charge is 1.98. The van der Waals surface area contributed by atoms with Gasteiger partial charge in [0.25, 0.3) is 0 Å². The van der Waals surface area contributed by atoms with E-state index in [0.717, 1.165) is 30.5 Å². The predicted molar refractivity (Wildman–Crippen MR) is 58.6 cm³/mol. The summed E-state index contributed by atoms with van der Waals surface area (Å²) in [5, 5.41) is 3.08. The molecule has 0 aliphatic heterocycles. The molecular formula is C12H16FN. The zero-order chi connectivity index (χ0) is 10.4. The summed E-state index contributed by atoms with van der Waals surface area (Å²) >= 11 is 0. The number of hydrogen-bond acceptors (Lipinski definition) is 1. The maximum atomic E-state index is 12.6. The topological polar surface area (TPSA) is 12.0 Å². The first-order chi connectivity index (χ1) is 6.74. The van der Waals surface area contributed by atoms with Gasteiger partial charge < -0.3 is 5.32 Å². The fourth-order valence-corrected chi connectivity index (χ4v) is 1.31. The molecule has 1 aromatic carbocycles. The highest BCUT2D eigenvalue weighted by Crippen LogP contribution is 2.17. The Labute approximate surface area is 84.6 Å². The van der Waals surface area contributed by atoms with Crippen LogP contribution in [-0.4, -0.2) is 13.6 Å². The van der Waals surface area contributed by atoms with Crippen molar-refractivity contribution >= 4 is 5.57 Å². The van der Waals surface area contributed by atoms with Gasteiger partial charge in [-0.1, -0.05) is 18.7 Å². The van der Waals surface area contributed by atoms with Crippen molar-refractivity contribution in [2.75, 3.05) is 13.6 Å². The van der Waals surface area contributed by atoms with E-state index in [0.29, 0.717) is 0 Å². The largest absolute Gasteiger partial charge is 0.320 e. The molecule has 14 heavy (non-hydrogen) atoms. The van der Waals surface area contributed by atoms with Gasteiger partial charge in [-0.15, -0.1) is 0 Å². The van der Waals surface area contributed by atoms with Gasteiger partial charge in [0.15, 0.2) is 0 Å². The fourth-order valence-electron chi connectivity index (χ4n) is 1.31. The summed E-state index contributed by atoms with van der Waals surface area (Å²) in [6.45, 7) is 4.96. The third-order valence-electron chi connectivity index (χ3n) is 2.16. The van der Waals surface area contributed by atoms with Crippen molar-refractivity contribution < 1.29 is 4.39 Å². The minimum atomic E-state index is -0.197. The lowest BCUT2D eigenvalue weighted by Gasteiger charge is -2.05. The molecule has 0 aliphatic rings. The average molecular weight is 193 g/mol. The maximum absolute atomic E-state index is 12.6. The Morgan fingerprint density at radius 3 is 2.57 bits per heavy atom. The molecule has 0 aliphatic carbocycles. The van der Waals surface area contributed by atoms with Gasteiger partial charge in [0, 0.05) is 0 Å². The lowest BCUT2D eigenvalue weighted by molar-refractivity contribution is 0.627. The van der Waals surface area contributed by atoms with Gasteiger partial charge in [-0.05, 0) is 49.7 Å². The van der Waals surface area contributed by atoms with Crippen molar-refractivity contribution in [2.45, 2.75) is 12.8 Å². The van der Waals surface area contributed by atoms with Gasteiger partial charge in [0.1, 0.15) is 5.82 Å². The molecule has 0 unspecified atom stereocenters. The molecule has 0 fully saturated rings. The predicted octanol–water partition coefficient (Wildman–Crippen LogP) is 2.84. The van der Waals surface area contributed by atoms with Crippen LogP contribution in [0.3, 0.4) is 0 Å². The molecule has 0 amide bonds. The minimum absolute atomic E-state index is 0.197. The standard InChI is InChI=1S/C12H16FN/c1-10(4-3-9-14-2)11-5-7-12(13)8-6-11/h5-8,14H,1,3-4,9H2,2H3. The van der Waals surface area contributed by atoms with Gasteiger partial charge >= 0.3 is 0 Å². The molecule has 0 radical (unpaired) electrons. The van der Waals surface area contributed by atoms with Crippen molar-refractivity contribution in [2.24, 2.45) is 0 Å². The van der Waals surface area contributed by atoms with Gasteiger partial charge in [-0.25, -0.2) is 4.39 Å². The molecule has 0 aromatic heterocycles. The maximum Gasteiger partial charge on any atom is 0.123 e. The van der Waals surface area contributed by atoms with E-state index in [4.69, 9.17) is 0 Å². The Morgan fingerprint density at radius 1 is 1.36 bits per heavy atom. The summed E-state index contributed by atoms with van der Waals surface area (Å²) in [5.41, 5.74) is 2.10. The molecule has 1 N–H and O–H groups in total. The summed E-state index contributed by atoms with van der Waals surface area (Å²) in [6, 6.07) is 6.49. The van der Waals surface area contributed by atoms with Crippen LogP contribution in [0.15, 0.2) is 30.8 Å². The van der Waals surface area contributed by atoms with Crippen LogP contribution in [0, 0.1) is 5.82 Å². The van der Waals surface area contributed by atoms with E-state index < -0.39 is 0 Å². The van der Waals surface area contributed by atoms with Crippen LogP contribution < -0.4 is 5.32 Å². The molecule has 0 saturated heterocycles. The lowest BCUT2D eigenvalue weighted by Crippen LogP contribution is -2.07. The molecule has 2 heteroatoms. The second kappa shape index (κ2) is 5.55. The summed E-state index contributed by atoms with van der Waals surface area (Å²) in [4.78, 5) is 0. The number of hydrogen-bond donors (Lipinski definition) is 1. The van der Waals surface area contributed by atoms with Crippen LogP contribution in [0.25, 0.3) is 5.57 Å². The lowest BCUT2D eigenvalue weighted by atomic mass is 10.0. The molecular weight excluding hydrogens is 177 g/mol. The summed E-state index contributed by atoms with van der Waals surface area (Å²) in [7, 11) is 1.93. The summed E-state index contributed by atoms with van der Waals surface area (Å²) in [6.07, 6.45) is 2.01. The van der Waals surface area contributed by atoms with E-state index in [1.165, 1.54) is 12.1 Å². The van der Waals surface area contributed by atoms with E-state index in [1.54, 1.807) is 12.1 Å². The van der Waals surface area contributed by atoms with E-state index in [2.05, 4.69) is 11.9 Å². The van der Waals surface area contributed by atoms with Gasteiger partial charge in [0.05, 0.1) is 0 Å². The van der Waals surface area contributed by atoms with Crippen LogP contribution in [0.4, 0.5) is 4.39 Å². The van der Waals surface area contributed by atoms with Crippen molar-refractivity contribution in [3.05, 3.63) is 42.2 Å². The molecule has 1 aromatic rings. The highest BCUT2D eigenvalue weighted by molar-refractivity contribution is 5.62. The zero-order valence-electron chi connectivity index (χ0n) is 8.52. The minimum Gasteiger partial charge on any atom is -0.320 e. The van der Waals surface area contributed by atoms with Crippen LogP contribution in [0.2, 0.25) is 0 Å². The Morgan fingerprint density at radius 2 is 2.00 bits per heavy atom. The molecule has 1 rings (SSSR count). The van der Waals surface area contributed by atoms with Crippen LogP contribution in [0.1, 0.15) is 18.4 Å². The van der Waals surface area contributed by atoms with Gasteiger partial charge in [-0.2, -0.15) is 0 Å². The molecule has 0 saturated carbocycles. The zero-order valence-corrected chi connectivity index (χ0v) is 8.52. The number of rotatable bonds is 5. The first-order valence-corrected chi connectivity index (χ1v) is 4.82. The van der Waals surface area contributed by atoms with Crippen molar-refractivity contribution in [3.8, 4) is 0 Å². The molecule has 0 atom stereocenters. The van der Waals surface area contributed by atoms with Crippen LogP contribution in [-0.2, 0) is 0 Å². The fraction of sp³-hybridized carbons (Fsp3) is 0.333. The number of nitrogens with one attached hydrogen (secondary N) is 1. The molecule has 1 nitrogen and oxygen atoms in total. The summed E-state index contributed by atoms with van der Waals surface area (Å²) < 4.78 is 12.6. The molecule has 0 spiro atoms. The number of benzene rings is 1. The van der Waals surface area contributed by atoms with E-state index in [-0.39, 0.29) is 5.82 Å². The Kier molecular flexibility index (Phi) is 4.33. The van der Waals surface area contributed by atoms with Crippen LogP contribution >= 0.6 is 0 Å². The number of halogens is 1. The second-order valence-corrected chi connectivity index (χ2v) is 3.32. The first-order valence-electron chi connectivity index (χ1n) is 4.82. The van der Waals surface area contributed by atoms with Crippen LogP contribution in [0.5, 0.6) is 0 Å². The van der Waals surface area contributed by atoms with Gasteiger partial charge in [0.2, 0.25) is 0 Å². The van der Waals surface area contributed by atoms with Gasteiger partial charge in [-0.3, -0.25) is 0 Å². The van der Waals surface area contributed by atoms with Crippen molar-refractivity contribution in [3.63, 3.8) is 0 Å². The third kappa shape index (κ3) is 3.30.